The Hall–Kier alpha value is -2.44. The van der Waals surface area contributed by atoms with Crippen LogP contribution in [0.5, 0.6) is 0 Å². The first kappa shape index (κ1) is 19.9. The lowest BCUT2D eigenvalue weighted by Crippen LogP contribution is -2.42. The van der Waals surface area contributed by atoms with Crippen molar-refractivity contribution in [1.82, 2.24) is 4.90 Å². The van der Waals surface area contributed by atoms with E-state index < -0.39 is 0 Å². The molecule has 0 aromatic heterocycles. The molecule has 0 spiro atoms. The van der Waals surface area contributed by atoms with E-state index in [-0.39, 0.29) is 18.6 Å². The second kappa shape index (κ2) is 8.51. The molecule has 1 aliphatic heterocycles. The maximum atomic E-state index is 12.4. The Labute approximate surface area is 186 Å². The summed E-state index contributed by atoms with van der Waals surface area (Å²) in [4.78, 5) is 19.3. The molecule has 1 heterocycles. The first-order valence-corrected chi connectivity index (χ1v) is 10.7. The van der Waals surface area contributed by atoms with E-state index in [1.165, 1.54) is 7.11 Å². The Bertz CT molecular complexity index is 1080. The highest BCUT2D eigenvalue weighted by molar-refractivity contribution is 9.10. The first-order chi connectivity index (χ1) is 14.1. The summed E-state index contributed by atoms with van der Waals surface area (Å²) >= 11 is 7.22. The SMILES string of the molecule is COC(=O)CN1C(c2ccccc2Br)=Nc2ccc(Br)cc2[C@@H]1c1ccccc1. The quantitative estimate of drug-likeness (QED) is 0.410. The Kier molecular flexibility index (Phi) is 5.83. The molecule has 6 heteroatoms. The van der Waals surface area contributed by atoms with Gasteiger partial charge in [-0.3, -0.25) is 4.79 Å². The largest absolute Gasteiger partial charge is 0.468 e. The van der Waals surface area contributed by atoms with Crippen molar-refractivity contribution in [3.05, 3.63) is 98.4 Å². The van der Waals surface area contributed by atoms with E-state index in [0.29, 0.717) is 0 Å². The number of esters is 1. The van der Waals surface area contributed by atoms with Crippen molar-refractivity contribution in [3.63, 3.8) is 0 Å². The molecule has 146 valence electrons. The molecule has 4 rings (SSSR count). The molecule has 3 aromatic rings. The van der Waals surface area contributed by atoms with Gasteiger partial charge in [0.1, 0.15) is 12.4 Å². The van der Waals surface area contributed by atoms with Crippen molar-refractivity contribution in [1.29, 1.82) is 0 Å². The number of methoxy groups -OCH3 is 1. The number of fused-ring (bicyclic) bond motifs is 1. The minimum Gasteiger partial charge on any atom is -0.468 e. The molecule has 0 unspecified atom stereocenters. The summed E-state index contributed by atoms with van der Waals surface area (Å²) in [6.07, 6.45) is 0. The first-order valence-electron chi connectivity index (χ1n) is 9.10. The van der Waals surface area contributed by atoms with Crippen molar-refractivity contribution in [2.75, 3.05) is 13.7 Å². The normalized spacial score (nSPS) is 15.5. The number of ether oxygens (including phenoxy) is 1. The van der Waals surface area contributed by atoms with Crippen molar-refractivity contribution in [2.45, 2.75) is 6.04 Å². The Morgan fingerprint density at radius 2 is 1.76 bits per heavy atom. The summed E-state index contributed by atoms with van der Waals surface area (Å²) in [5.41, 5.74) is 3.92. The molecule has 4 nitrogen and oxygen atoms in total. The highest BCUT2D eigenvalue weighted by atomic mass is 79.9. The number of amidine groups is 1. The van der Waals surface area contributed by atoms with Gasteiger partial charge in [-0.2, -0.15) is 0 Å². The van der Waals surface area contributed by atoms with Crippen LogP contribution in [0.1, 0.15) is 22.7 Å². The number of halogens is 2. The number of aliphatic imine (C=N–C) groups is 1. The average Bonchev–Trinajstić information content (AvgIpc) is 2.74. The Morgan fingerprint density at radius 3 is 2.48 bits per heavy atom. The third-order valence-electron chi connectivity index (χ3n) is 4.85. The molecule has 0 aliphatic carbocycles. The second-order valence-electron chi connectivity index (χ2n) is 6.64. The van der Waals surface area contributed by atoms with Crippen LogP contribution < -0.4 is 0 Å². The van der Waals surface area contributed by atoms with Gasteiger partial charge >= 0.3 is 5.97 Å². The summed E-state index contributed by atoms with van der Waals surface area (Å²) in [6.45, 7) is 0.0855. The molecule has 0 saturated carbocycles. The number of benzene rings is 3. The van der Waals surface area contributed by atoms with Gasteiger partial charge in [-0.15, -0.1) is 0 Å². The van der Waals surface area contributed by atoms with Gasteiger partial charge in [0.15, 0.2) is 0 Å². The van der Waals surface area contributed by atoms with Crippen LogP contribution in [0.3, 0.4) is 0 Å². The minimum absolute atomic E-state index is 0.0855. The van der Waals surface area contributed by atoms with Crippen LogP contribution in [0.2, 0.25) is 0 Å². The van der Waals surface area contributed by atoms with Gasteiger partial charge in [-0.1, -0.05) is 80.4 Å². The standard InChI is InChI=1S/C23H18Br2N2O2/c1-29-21(28)14-27-22(15-7-3-2-4-8-15)18-13-16(24)11-12-20(18)26-23(27)17-9-5-6-10-19(17)25/h2-13,22H,14H2,1H3/t22-/m0/s1. The fraction of sp³-hybridized carbons (Fsp3) is 0.130. The van der Waals surface area contributed by atoms with Crippen LogP contribution in [-0.2, 0) is 9.53 Å². The monoisotopic (exact) mass is 512 g/mol. The number of carbonyl (C=O) groups excluding carboxylic acids is 1. The average molecular weight is 514 g/mol. The number of rotatable bonds is 4. The van der Waals surface area contributed by atoms with E-state index in [9.17, 15) is 4.79 Å². The van der Waals surface area contributed by atoms with Crippen LogP contribution >= 0.6 is 31.9 Å². The van der Waals surface area contributed by atoms with Gasteiger partial charge in [0.05, 0.1) is 18.8 Å². The van der Waals surface area contributed by atoms with E-state index >= 15 is 0 Å². The van der Waals surface area contributed by atoms with Crippen molar-refractivity contribution in [2.24, 2.45) is 4.99 Å². The maximum absolute atomic E-state index is 12.4. The lowest BCUT2D eigenvalue weighted by atomic mass is 9.93. The molecular formula is C23H18Br2N2O2. The predicted molar refractivity (Wildman–Crippen MR) is 121 cm³/mol. The zero-order chi connectivity index (χ0) is 20.4. The van der Waals surface area contributed by atoms with E-state index in [0.717, 1.165) is 37.2 Å². The van der Waals surface area contributed by atoms with Crippen molar-refractivity contribution >= 4 is 49.4 Å². The molecule has 1 atom stereocenters. The number of carbonyl (C=O) groups is 1. The Morgan fingerprint density at radius 1 is 1.03 bits per heavy atom. The molecule has 29 heavy (non-hydrogen) atoms. The van der Waals surface area contributed by atoms with Crippen molar-refractivity contribution < 1.29 is 9.53 Å². The minimum atomic E-state index is -0.316. The van der Waals surface area contributed by atoms with Gasteiger partial charge in [0.2, 0.25) is 0 Å². The van der Waals surface area contributed by atoms with Crippen LogP contribution in [0.25, 0.3) is 0 Å². The van der Waals surface area contributed by atoms with Crippen molar-refractivity contribution in [3.8, 4) is 0 Å². The molecule has 1 aliphatic rings. The molecule has 0 amide bonds. The fourth-order valence-corrected chi connectivity index (χ4v) is 4.38. The molecule has 0 saturated heterocycles. The second-order valence-corrected chi connectivity index (χ2v) is 8.41. The summed E-state index contributed by atoms with van der Waals surface area (Å²) in [5.74, 6) is 0.413. The highest BCUT2D eigenvalue weighted by Crippen LogP contribution is 2.42. The number of hydrogen-bond acceptors (Lipinski definition) is 4. The van der Waals surface area contributed by atoms with Gasteiger partial charge in [-0.25, -0.2) is 4.99 Å². The molecule has 0 N–H and O–H groups in total. The third kappa shape index (κ3) is 4.00. The maximum Gasteiger partial charge on any atom is 0.325 e. The fourth-order valence-electron chi connectivity index (χ4n) is 3.54. The van der Waals surface area contributed by atoms with E-state index in [1.807, 2.05) is 59.5 Å². The van der Waals surface area contributed by atoms with E-state index in [4.69, 9.17) is 9.73 Å². The molecule has 0 fully saturated rings. The van der Waals surface area contributed by atoms with Gasteiger partial charge in [0.25, 0.3) is 0 Å². The van der Waals surface area contributed by atoms with Gasteiger partial charge in [-0.05, 0) is 29.8 Å². The van der Waals surface area contributed by atoms with Gasteiger partial charge in [0, 0.05) is 20.1 Å². The van der Waals surface area contributed by atoms with Crippen LogP contribution in [-0.4, -0.2) is 30.4 Å². The van der Waals surface area contributed by atoms with Crippen LogP contribution in [0, 0.1) is 0 Å². The molecule has 0 bridgehead atoms. The van der Waals surface area contributed by atoms with E-state index in [2.05, 4.69) is 50.1 Å². The Balaban J connectivity index is 1.97. The van der Waals surface area contributed by atoms with E-state index in [1.54, 1.807) is 0 Å². The predicted octanol–water partition coefficient (Wildman–Crippen LogP) is 5.87. The molecular weight excluding hydrogens is 496 g/mol. The zero-order valence-electron chi connectivity index (χ0n) is 15.7. The van der Waals surface area contributed by atoms with Crippen LogP contribution in [0.4, 0.5) is 5.69 Å². The summed E-state index contributed by atoms with van der Waals surface area (Å²) in [7, 11) is 1.41. The smallest absolute Gasteiger partial charge is 0.325 e. The third-order valence-corrected chi connectivity index (χ3v) is 6.04. The summed E-state index contributed by atoms with van der Waals surface area (Å²) in [6, 6.07) is 23.9. The highest BCUT2D eigenvalue weighted by Gasteiger charge is 2.34. The van der Waals surface area contributed by atoms with Crippen LogP contribution in [0.15, 0.2) is 86.7 Å². The lowest BCUT2D eigenvalue weighted by molar-refractivity contribution is -0.141. The lowest BCUT2D eigenvalue weighted by Gasteiger charge is -2.38. The molecule has 3 aromatic carbocycles. The number of hydrogen-bond donors (Lipinski definition) is 0. The number of nitrogens with zero attached hydrogens (tertiary/aromatic N) is 2. The topological polar surface area (TPSA) is 41.9 Å². The van der Waals surface area contributed by atoms with Gasteiger partial charge < -0.3 is 9.64 Å². The summed E-state index contributed by atoms with van der Waals surface area (Å²) < 4.78 is 6.89. The zero-order valence-corrected chi connectivity index (χ0v) is 18.9. The summed E-state index contributed by atoms with van der Waals surface area (Å²) in [5, 5.41) is 0. The molecule has 0 radical (unpaired) electrons.